The topological polar surface area (TPSA) is 15.3 Å². The van der Waals surface area contributed by atoms with Gasteiger partial charge in [0, 0.05) is 30.9 Å². The van der Waals surface area contributed by atoms with Crippen LogP contribution in [0.4, 0.5) is 10.1 Å². The van der Waals surface area contributed by atoms with Gasteiger partial charge < -0.3 is 10.2 Å². The standard InChI is InChI=1S/C14H21FN2/c1-3-14(2)11-17(9-8-15)13-7-5-4-6-12(13)10-16-14/h4-7,16H,3,8-11H2,1-2H3. The average Bonchev–Trinajstić information content (AvgIpc) is 2.49. The molecule has 94 valence electrons. The predicted octanol–water partition coefficient (Wildman–Crippen LogP) is 2.73. The summed E-state index contributed by atoms with van der Waals surface area (Å²) >= 11 is 0. The Bertz CT molecular complexity index is 380. The molecular weight excluding hydrogens is 215 g/mol. The molecule has 0 amide bonds. The molecule has 0 fully saturated rings. The van der Waals surface area contributed by atoms with Gasteiger partial charge in [0.1, 0.15) is 6.67 Å². The predicted molar refractivity (Wildman–Crippen MR) is 70.2 cm³/mol. The van der Waals surface area contributed by atoms with E-state index in [9.17, 15) is 4.39 Å². The van der Waals surface area contributed by atoms with Crippen LogP contribution < -0.4 is 10.2 Å². The van der Waals surface area contributed by atoms with Gasteiger partial charge in [0.15, 0.2) is 0 Å². The largest absolute Gasteiger partial charge is 0.367 e. The van der Waals surface area contributed by atoms with E-state index in [4.69, 9.17) is 0 Å². The van der Waals surface area contributed by atoms with Gasteiger partial charge in [-0.2, -0.15) is 0 Å². The van der Waals surface area contributed by atoms with Gasteiger partial charge in [0.25, 0.3) is 0 Å². The second-order valence-corrected chi connectivity index (χ2v) is 5.01. The minimum absolute atomic E-state index is 0.0637. The molecule has 1 heterocycles. The van der Waals surface area contributed by atoms with Crippen molar-refractivity contribution in [3.8, 4) is 0 Å². The first-order valence-corrected chi connectivity index (χ1v) is 6.32. The third-order valence-corrected chi connectivity index (χ3v) is 3.71. The van der Waals surface area contributed by atoms with Crippen molar-refractivity contribution in [1.82, 2.24) is 5.32 Å². The first-order valence-electron chi connectivity index (χ1n) is 6.32. The molecule has 0 aromatic heterocycles. The molecule has 2 nitrogen and oxygen atoms in total. The summed E-state index contributed by atoms with van der Waals surface area (Å²) in [4.78, 5) is 2.17. The van der Waals surface area contributed by atoms with Gasteiger partial charge in [-0.25, -0.2) is 4.39 Å². The van der Waals surface area contributed by atoms with Crippen molar-refractivity contribution >= 4 is 5.69 Å². The van der Waals surface area contributed by atoms with Gasteiger partial charge in [-0.15, -0.1) is 0 Å². The van der Waals surface area contributed by atoms with E-state index in [0.29, 0.717) is 6.54 Å². The molecule has 1 aliphatic heterocycles. The van der Waals surface area contributed by atoms with E-state index >= 15 is 0 Å². The second kappa shape index (κ2) is 5.05. The number of halogens is 1. The number of para-hydroxylation sites is 1. The van der Waals surface area contributed by atoms with Crippen molar-refractivity contribution in [1.29, 1.82) is 0 Å². The molecular formula is C14H21FN2. The Balaban J connectivity index is 2.32. The molecule has 1 aromatic rings. The third kappa shape index (κ3) is 2.60. The van der Waals surface area contributed by atoms with Crippen LogP contribution in [-0.2, 0) is 6.54 Å². The molecule has 17 heavy (non-hydrogen) atoms. The minimum Gasteiger partial charge on any atom is -0.367 e. The zero-order valence-corrected chi connectivity index (χ0v) is 10.7. The number of hydrogen-bond donors (Lipinski definition) is 1. The van der Waals surface area contributed by atoms with Gasteiger partial charge in [-0.1, -0.05) is 25.1 Å². The molecule has 0 saturated heterocycles. The van der Waals surface area contributed by atoms with Crippen molar-refractivity contribution in [2.75, 3.05) is 24.7 Å². The monoisotopic (exact) mass is 236 g/mol. The molecule has 0 bridgehead atoms. The zero-order chi connectivity index (χ0) is 12.3. The zero-order valence-electron chi connectivity index (χ0n) is 10.7. The van der Waals surface area contributed by atoms with Gasteiger partial charge in [-0.3, -0.25) is 0 Å². The van der Waals surface area contributed by atoms with Crippen LogP contribution >= 0.6 is 0 Å². The molecule has 0 saturated carbocycles. The van der Waals surface area contributed by atoms with E-state index in [1.54, 1.807) is 0 Å². The summed E-state index contributed by atoms with van der Waals surface area (Å²) < 4.78 is 12.7. The molecule has 1 aromatic carbocycles. The van der Waals surface area contributed by atoms with Crippen molar-refractivity contribution < 1.29 is 4.39 Å². The number of nitrogens with zero attached hydrogens (tertiary/aromatic N) is 1. The molecule has 1 atom stereocenters. The summed E-state index contributed by atoms with van der Waals surface area (Å²) in [6, 6.07) is 8.28. The Kier molecular flexibility index (Phi) is 3.67. The average molecular weight is 236 g/mol. The Morgan fingerprint density at radius 2 is 2.18 bits per heavy atom. The van der Waals surface area contributed by atoms with Gasteiger partial charge in [-0.05, 0) is 25.0 Å². The maximum absolute atomic E-state index is 12.7. The van der Waals surface area contributed by atoms with Crippen LogP contribution in [0.2, 0.25) is 0 Å². The van der Waals surface area contributed by atoms with Crippen LogP contribution in [0.1, 0.15) is 25.8 Å². The van der Waals surface area contributed by atoms with Gasteiger partial charge in [0.05, 0.1) is 0 Å². The number of rotatable bonds is 3. The second-order valence-electron chi connectivity index (χ2n) is 5.01. The quantitative estimate of drug-likeness (QED) is 0.868. The molecule has 1 N–H and O–H groups in total. The summed E-state index contributed by atoms with van der Waals surface area (Å²) in [6.07, 6.45) is 1.05. The van der Waals surface area contributed by atoms with Gasteiger partial charge >= 0.3 is 0 Å². The molecule has 3 heteroatoms. The Morgan fingerprint density at radius 3 is 2.88 bits per heavy atom. The maximum atomic E-state index is 12.7. The van der Waals surface area contributed by atoms with Crippen LogP contribution in [0.15, 0.2) is 24.3 Å². The number of fused-ring (bicyclic) bond motifs is 1. The number of hydrogen-bond acceptors (Lipinski definition) is 2. The fourth-order valence-corrected chi connectivity index (χ4v) is 2.38. The van der Waals surface area contributed by atoms with Crippen LogP contribution in [0.25, 0.3) is 0 Å². The highest BCUT2D eigenvalue weighted by Crippen LogP contribution is 2.27. The lowest BCUT2D eigenvalue weighted by atomic mass is 9.98. The van der Waals surface area contributed by atoms with E-state index < -0.39 is 0 Å². The maximum Gasteiger partial charge on any atom is 0.107 e. The van der Waals surface area contributed by atoms with Crippen molar-refractivity contribution in [3.63, 3.8) is 0 Å². The van der Waals surface area contributed by atoms with Gasteiger partial charge in [0.2, 0.25) is 0 Å². The highest BCUT2D eigenvalue weighted by Gasteiger charge is 2.28. The third-order valence-electron chi connectivity index (χ3n) is 3.71. The van der Waals surface area contributed by atoms with Crippen LogP contribution in [-0.4, -0.2) is 25.3 Å². The van der Waals surface area contributed by atoms with Crippen molar-refractivity contribution in [3.05, 3.63) is 29.8 Å². The van der Waals surface area contributed by atoms with Crippen LogP contribution in [0.3, 0.4) is 0 Å². The summed E-state index contributed by atoms with van der Waals surface area (Å²) in [5.41, 5.74) is 2.50. The Hall–Kier alpha value is -1.09. The summed E-state index contributed by atoms with van der Waals surface area (Å²) in [5, 5.41) is 3.59. The van der Waals surface area contributed by atoms with Crippen LogP contribution in [0, 0.1) is 0 Å². The van der Waals surface area contributed by atoms with E-state index in [1.165, 1.54) is 11.3 Å². The summed E-state index contributed by atoms with van der Waals surface area (Å²) in [5.74, 6) is 0. The van der Waals surface area contributed by atoms with E-state index in [1.807, 2.05) is 12.1 Å². The number of benzene rings is 1. The smallest absolute Gasteiger partial charge is 0.107 e. The number of alkyl halides is 1. The Labute approximate surface area is 103 Å². The SMILES string of the molecule is CCC1(C)CN(CCF)c2ccccc2CN1. The molecule has 1 unspecified atom stereocenters. The number of nitrogens with one attached hydrogen (secondary N) is 1. The molecule has 2 rings (SSSR count). The molecule has 0 aliphatic carbocycles. The highest BCUT2D eigenvalue weighted by atomic mass is 19.1. The van der Waals surface area contributed by atoms with E-state index in [2.05, 4.69) is 36.2 Å². The first-order chi connectivity index (χ1) is 8.18. The summed E-state index contributed by atoms with van der Waals surface area (Å²) in [7, 11) is 0. The van der Waals surface area contributed by atoms with Crippen molar-refractivity contribution in [2.24, 2.45) is 0 Å². The summed E-state index contributed by atoms with van der Waals surface area (Å²) in [6.45, 7) is 6.30. The fraction of sp³-hybridized carbons (Fsp3) is 0.571. The van der Waals surface area contributed by atoms with Crippen LogP contribution in [0.5, 0.6) is 0 Å². The molecule has 0 spiro atoms. The lowest BCUT2D eigenvalue weighted by Gasteiger charge is -2.33. The normalized spacial score (nSPS) is 24.3. The first kappa shape index (κ1) is 12.4. The molecule has 0 radical (unpaired) electrons. The number of anilines is 1. The lowest BCUT2D eigenvalue weighted by Crippen LogP contribution is -2.49. The fourth-order valence-electron chi connectivity index (χ4n) is 2.38. The van der Waals surface area contributed by atoms with E-state index in [-0.39, 0.29) is 12.2 Å². The Morgan fingerprint density at radius 1 is 1.41 bits per heavy atom. The molecule has 1 aliphatic rings. The minimum atomic E-state index is -0.297. The lowest BCUT2D eigenvalue weighted by molar-refractivity contribution is 0.345. The van der Waals surface area contributed by atoms with E-state index in [0.717, 1.165) is 19.5 Å². The van der Waals surface area contributed by atoms with Crippen molar-refractivity contribution in [2.45, 2.75) is 32.4 Å². The highest BCUT2D eigenvalue weighted by molar-refractivity contribution is 5.55.